The molecule has 0 spiro atoms. The van der Waals surface area contributed by atoms with E-state index in [0.717, 1.165) is 21.9 Å². The van der Waals surface area contributed by atoms with Gasteiger partial charge in [0.15, 0.2) is 0 Å². The lowest BCUT2D eigenvalue weighted by Crippen LogP contribution is -2.22. The number of H-pyrrole nitrogens is 1. The topological polar surface area (TPSA) is 95.1 Å². The number of carboxylic acids is 1. The van der Waals surface area contributed by atoms with Crippen molar-refractivity contribution >= 4 is 23.2 Å². The third-order valence-electron chi connectivity index (χ3n) is 2.91. The van der Waals surface area contributed by atoms with E-state index in [4.69, 9.17) is 5.11 Å². The Bertz CT molecular complexity index is 667. The fraction of sp³-hybridized carbons (Fsp3) is 0.357. The molecule has 0 unspecified atom stereocenters. The number of aromatic carboxylic acids is 1. The first kappa shape index (κ1) is 15.2. The molecule has 21 heavy (non-hydrogen) atoms. The Morgan fingerprint density at radius 2 is 2.10 bits per heavy atom. The molecule has 0 bridgehead atoms. The highest BCUT2D eigenvalue weighted by Crippen LogP contribution is 2.20. The molecule has 0 saturated heterocycles. The molecule has 0 radical (unpaired) electrons. The number of carbonyl (C=O) groups excluding carboxylic acids is 1. The maximum Gasteiger partial charge on any atom is 0.345 e. The van der Waals surface area contributed by atoms with Crippen molar-refractivity contribution in [2.24, 2.45) is 0 Å². The number of hydrogen-bond donors (Lipinski definition) is 3. The summed E-state index contributed by atoms with van der Waals surface area (Å²) in [6, 6.07) is 4.95. The van der Waals surface area contributed by atoms with Crippen molar-refractivity contribution < 1.29 is 14.7 Å². The van der Waals surface area contributed by atoms with E-state index in [1.165, 1.54) is 6.07 Å². The van der Waals surface area contributed by atoms with Crippen molar-refractivity contribution in [2.45, 2.75) is 32.7 Å². The lowest BCUT2D eigenvalue weighted by molar-refractivity contribution is 0.0702. The van der Waals surface area contributed by atoms with Crippen LogP contribution in [0.4, 0.5) is 0 Å². The Morgan fingerprint density at radius 3 is 2.62 bits per heavy atom. The molecule has 0 aliphatic rings. The summed E-state index contributed by atoms with van der Waals surface area (Å²) in [5.41, 5.74) is 1.11. The Balaban J connectivity index is 1.98. The number of aromatic amines is 1. The molecule has 0 aromatic carbocycles. The lowest BCUT2D eigenvalue weighted by Gasteiger charge is -2.14. The molecule has 112 valence electrons. The van der Waals surface area contributed by atoms with E-state index < -0.39 is 5.97 Å². The van der Waals surface area contributed by atoms with Gasteiger partial charge in [-0.05, 0) is 18.2 Å². The molecule has 2 heterocycles. The standard InChI is InChI=1S/C14H17N3O3S/c1-14(2,3)11-6-9(16-17-11)12(18)15-7-8-4-5-10(21-8)13(19)20/h4-6H,7H2,1-3H3,(H,15,18)(H,16,17)(H,19,20). The highest BCUT2D eigenvalue weighted by Gasteiger charge is 2.19. The van der Waals surface area contributed by atoms with Gasteiger partial charge >= 0.3 is 5.97 Å². The molecule has 0 aliphatic heterocycles. The van der Waals surface area contributed by atoms with Gasteiger partial charge in [-0.3, -0.25) is 9.89 Å². The molecule has 3 N–H and O–H groups in total. The summed E-state index contributed by atoms with van der Waals surface area (Å²) in [4.78, 5) is 23.8. The fourth-order valence-corrected chi connectivity index (χ4v) is 2.45. The summed E-state index contributed by atoms with van der Waals surface area (Å²) in [5, 5.41) is 18.4. The van der Waals surface area contributed by atoms with Crippen LogP contribution in [0.15, 0.2) is 18.2 Å². The van der Waals surface area contributed by atoms with Gasteiger partial charge in [0.2, 0.25) is 0 Å². The zero-order chi connectivity index (χ0) is 15.6. The van der Waals surface area contributed by atoms with Crippen molar-refractivity contribution in [1.82, 2.24) is 15.5 Å². The van der Waals surface area contributed by atoms with Crippen LogP contribution in [0, 0.1) is 0 Å². The summed E-state index contributed by atoms with van der Waals surface area (Å²) in [5.74, 6) is -1.24. The molecule has 2 rings (SSSR count). The van der Waals surface area contributed by atoms with Gasteiger partial charge in [0, 0.05) is 16.0 Å². The Morgan fingerprint density at radius 1 is 1.38 bits per heavy atom. The predicted octanol–water partition coefficient (Wildman–Crippen LogP) is 2.40. The Labute approximate surface area is 126 Å². The average molecular weight is 307 g/mol. The number of thiophene rings is 1. The SMILES string of the molecule is CC(C)(C)c1cc(C(=O)NCc2ccc(C(=O)O)s2)n[nH]1. The average Bonchev–Trinajstić information content (AvgIpc) is 3.04. The monoisotopic (exact) mass is 307 g/mol. The van der Waals surface area contributed by atoms with Crippen LogP contribution < -0.4 is 5.32 Å². The minimum Gasteiger partial charge on any atom is -0.477 e. The van der Waals surface area contributed by atoms with Crippen molar-refractivity contribution in [2.75, 3.05) is 0 Å². The van der Waals surface area contributed by atoms with Crippen LogP contribution in [0.5, 0.6) is 0 Å². The van der Waals surface area contributed by atoms with E-state index in [1.54, 1.807) is 12.1 Å². The molecule has 0 atom stereocenters. The summed E-state index contributed by atoms with van der Waals surface area (Å²) >= 11 is 1.15. The quantitative estimate of drug-likeness (QED) is 0.808. The molecule has 6 nitrogen and oxygen atoms in total. The summed E-state index contributed by atoms with van der Waals surface area (Å²) in [7, 11) is 0. The zero-order valence-corrected chi connectivity index (χ0v) is 12.9. The Kier molecular flexibility index (Phi) is 4.13. The van der Waals surface area contributed by atoms with Gasteiger partial charge in [-0.15, -0.1) is 11.3 Å². The van der Waals surface area contributed by atoms with Crippen LogP contribution in [0.3, 0.4) is 0 Å². The first-order chi connectivity index (χ1) is 9.77. The van der Waals surface area contributed by atoms with Crippen LogP contribution in [-0.2, 0) is 12.0 Å². The molecule has 1 amide bonds. The van der Waals surface area contributed by atoms with E-state index in [2.05, 4.69) is 15.5 Å². The summed E-state index contributed by atoms with van der Waals surface area (Å²) in [6.45, 7) is 6.37. The van der Waals surface area contributed by atoms with Gasteiger partial charge in [0.1, 0.15) is 10.6 Å². The van der Waals surface area contributed by atoms with Crippen molar-refractivity contribution in [3.8, 4) is 0 Å². The molecule has 0 fully saturated rings. The lowest BCUT2D eigenvalue weighted by atomic mass is 9.92. The van der Waals surface area contributed by atoms with Crippen molar-refractivity contribution in [3.05, 3.63) is 39.3 Å². The fourth-order valence-electron chi connectivity index (χ4n) is 1.67. The maximum absolute atomic E-state index is 12.0. The number of nitrogens with zero attached hydrogens (tertiary/aromatic N) is 1. The second kappa shape index (κ2) is 5.69. The smallest absolute Gasteiger partial charge is 0.345 e. The maximum atomic E-state index is 12.0. The van der Waals surface area contributed by atoms with Crippen LogP contribution >= 0.6 is 11.3 Å². The molecular weight excluding hydrogens is 290 g/mol. The van der Waals surface area contributed by atoms with Crippen LogP contribution in [0.25, 0.3) is 0 Å². The minimum atomic E-state index is -0.959. The number of aromatic nitrogens is 2. The number of carbonyl (C=O) groups is 2. The number of carboxylic acid groups (broad SMARTS) is 1. The third-order valence-corrected chi connectivity index (χ3v) is 3.99. The summed E-state index contributed by atoms with van der Waals surface area (Å²) in [6.07, 6.45) is 0. The van der Waals surface area contributed by atoms with Gasteiger partial charge in [0.25, 0.3) is 5.91 Å². The van der Waals surface area contributed by atoms with E-state index in [9.17, 15) is 9.59 Å². The van der Waals surface area contributed by atoms with E-state index in [1.807, 2.05) is 20.8 Å². The number of nitrogens with one attached hydrogen (secondary N) is 2. The first-order valence-electron chi connectivity index (χ1n) is 6.43. The first-order valence-corrected chi connectivity index (χ1v) is 7.25. The minimum absolute atomic E-state index is 0.102. The summed E-state index contributed by atoms with van der Waals surface area (Å²) < 4.78 is 0. The number of amides is 1. The van der Waals surface area contributed by atoms with E-state index >= 15 is 0 Å². The molecule has 0 saturated carbocycles. The van der Waals surface area contributed by atoms with Crippen molar-refractivity contribution in [3.63, 3.8) is 0 Å². The molecule has 2 aromatic rings. The molecule has 2 aromatic heterocycles. The second-order valence-corrected chi connectivity index (χ2v) is 6.84. The number of hydrogen-bond acceptors (Lipinski definition) is 4. The molecule has 7 heteroatoms. The molecular formula is C14H17N3O3S. The third kappa shape index (κ3) is 3.69. The zero-order valence-electron chi connectivity index (χ0n) is 12.1. The second-order valence-electron chi connectivity index (χ2n) is 5.67. The highest BCUT2D eigenvalue weighted by atomic mass is 32.1. The van der Waals surface area contributed by atoms with E-state index in [-0.39, 0.29) is 22.7 Å². The van der Waals surface area contributed by atoms with Crippen LogP contribution in [-0.4, -0.2) is 27.2 Å². The van der Waals surface area contributed by atoms with Gasteiger partial charge in [-0.2, -0.15) is 5.10 Å². The molecule has 0 aliphatic carbocycles. The van der Waals surface area contributed by atoms with Gasteiger partial charge < -0.3 is 10.4 Å². The van der Waals surface area contributed by atoms with Crippen molar-refractivity contribution in [1.29, 1.82) is 0 Å². The highest BCUT2D eigenvalue weighted by molar-refractivity contribution is 7.13. The van der Waals surface area contributed by atoms with Crippen LogP contribution in [0.2, 0.25) is 0 Å². The van der Waals surface area contributed by atoms with Gasteiger partial charge in [-0.1, -0.05) is 20.8 Å². The Hall–Kier alpha value is -2.15. The largest absolute Gasteiger partial charge is 0.477 e. The predicted molar refractivity (Wildman–Crippen MR) is 79.7 cm³/mol. The number of rotatable bonds is 4. The van der Waals surface area contributed by atoms with E-state index in [0.29, 0.717) is 5.69 Å². The van der Waals surface area contributed by atoms with Gasteiger partial charge in [-0.25, -0.2) is 4.79 Å². The van der Waals surface area contributed by atoms with Gasteiger partial charge in [0.05, 0.1) is 6.54 Å². The van der Waals surface area contributed by atoms with Crippen LogP contribution in [0.1, 0.15) is 51.5 Å². The normalized spacial score (nSPS) is 11.4.